The second-order valence-electron chi connectivity index (χ2n) is 4.02. The predicted octanol–water partition coefficient (Wildman–Crippen LogP) is 2.85. The van der Waals surface area contributed by atoms with Gasteiger partial charge in [0.05, 0.1) is 7.11 Å². The van der Waals surface area contributed by atoms with Crippen LogP contribution in [0, 0.1) is 5.82 Å². The first-order valence-corrected chi connectivity index (χ1v) is 5.99. The van der Waals surface area contributed by atoms with Crippen LogP contribution in [-0.2, 0) is 4.79 Å². The van der Waals surface area contributed by atoms with E-state index in [1.807, 2.05) is 0 Å². The molecule has 0 aliphatic heterocycles. The highest BCUT2D eigenvalue weighted by Crippen LogP contribution is 2.15. The number of rotatable bonds is 5. The zero-order valence-corrected chi connectivity index (χ0v) is 10.9. The number of carbonyl (C=O) groups is 1. The van der Waals surface area contributed by atoms with E-state index >= 15 is 0 Å². The van der Waals surface area contributed by atoms with Crippen LogP contribution < -0.4 is 14.8 Å². The van der Waals surface area contributed by atoms with E-state index in [0.29, 0.717) is 17.2 Å². The van der Waals surface area contributed by atoms with Gasteiger partial charge in [-0.05, 0) is 48.5 Å². The summed E-state index contributed by atoms with van der Waals surface area (Å²) in [6, 6.07) is 12.4. The molecule has 0 saturated heterocycles. The topological polar surface area (TPSA) is 47.6 Å². The molecule has 0 saturated carbocycles. The normalized spacial score (nSPS) is 9.90. The molecule has 2 aromatic rings. The van der Waals surface area contributed by atoms with Crippen molar-refractivity contribution in [2.75, 3.05) is 19.0 Å². The average Bonchev–Trinajstić information content (AvgIpc) is 2.47. The third-order valence-electron chi connectivity index (χ3n) is 2.56. The number of benzene rings is 2. The third kappa shape index (κ3) is 3.98. The van der Waals surface area contributed by atoms with Crippen molar-refractivity contribution in [1.29, 1.82) is 0 Å². The summed E-state index contributed by atoms with van der Waals surface area (Å²) in [5, 5.41) is 2.68. The van der Waals surface area contributed by atoms with E-state index in [9.17, 15) is 9.18 Å². The van der Waals surface area contributed by atoms with Crippen molar-refractivity contribution in [3.8, 4) is 11.5 Å². The smallest absolute Gasteiger partial charge is 0.262 e. The number of nitrogens with one attached hydrogen (secondary N) is 1. The van der Waals surface area contributed by atoms with Crippen LogP contribution in [0.5, 0.6) is 11.5 Å². The van der Waals surface area contributed by atoms with E-state index in [2.05, 4.69) is 5.32 Å². The first-order chi connectivity index (χ1) is 9.67. The fourth-order valence-electron chi connectivity index (χ4n) is 1.55. The molecule has 2 aromatic carbocycles. The summed E-state index contributed by atoms with van der Waals surface area (Å²) in [5.41, 5.74) is 0.651. The van der Waals surface area contributed by atoms with E-state index in [4.69, 9.17) is 9.47 Å². The summed E-state index contributed by atoms with van der Waals surface area (Å²) >= 11 is 0. The van der Waals surface area contributed by atoms with Gasteiger partial charge in [-0.3, -0.25) is 4.79 Å². The molecule has 0 radical (unpaired) electrons. The summed E-state index contributed by atoms with van der Waals surface area (Å²) in [5.74, 6) is 0.515. The molecule has 1 amide bonds. The van der Waals surface area contributed by atoms with Crippen molar-refractivity contribution in [1.82, 2.24) is 0 Å². The minimum Gasteiger partial charge on any atom is -0.497 e. The highest BCUT2D eigenvalue weighted by atomic mass is 19.1. The van der Waals surface area contributed by atoms with Gasteiger partial charge >= 0.3 is 0 Å². The molecule has 0 aliphatic carbocycles. The van der Waals surface area contributed by atoms with Crippen molar-refractivity contribution in [2.45, 2.75) is 0 Å². The van der Waals surface area contributed by atoms with Gasteiger partial charge in [-0.15, -0.1) is 0 Å². The van der Waals surface area contributed by atoms with E-state index in [-0.39, 0.29) is 18.3 Å². The van der Waals surface area contributed by atoms with Crippen LogP contribution in [0.2, 0.25) is 0 Å². The number of methoxy groups -OCH3 is 1. The standard InChI is InChI=1S/C15H14FNO3/c1-19-13-8-4-12(5-9-13)17-15(18)10-20-14-6-2-11(16)3-7-14/h2-9H,10H2,1H3,(H,17,18). The maximum atomic E-state index is 12.7. The Hall–Kier alpha value is -2.56. The summed E-state index contributed by atoms with van der Waals surface area (Å²) in [6.45, 7) is -0.141. The fourth-order valence-corrected chi connectivity index (χ4v) is 1.55. The molecule has 0 unspecified atom stereocenters. The Morgan fingerprint density at radius 1 is 1.05 bits per heavy atom. The first kappa shape index (κ1) is 13.9. The molecule has 0 atom stereocenters. The minimum atomic E-state index is -0.347. The monoisotopic (exact) mass is 275 g/mol. The summed E-state index contributed by atoms with van der Waals surface area (Å²) in [6.07, 6.45) is 0. The van der Waals surface area contributed by atoms with Crippen molar-refractivity contribution < 1.29 is 18.7 Å². The van der Waals surface area contributed by atoms with E-state index in [1.54, 1.807) is 31.4 Å². The molecule has 2 rings (SSSR count). The van der Waals surface area contributed by atoms with Crippen LogP contribution in [0.25, 0.3) is 0 Å². The molecule has 5 heteroatoms. The lowest BCUT2D eigenvalue weighted by molar-refractivity contribution is -0.118. The SMILES string of the molecule is COc1ccc(NC(=O)COc2ccc(F)cc2)cc1. The molecular weight excluding hydrogens is 261 g/mol. The van der Waals surface area contributed by atoms with Crippen molar-refractivity contribution >= 4 is 11.6 Å². The van der Waals surface area contributed by atoms with Gasteiger partial charge in [-0.25, -0.2) is 4.39 Å². The van der Waals surface area contributed by atoms with E-state index < -0.39 is 0 Å². The summed E-state index contributed by atoms with van der Waals surface area (Å²) in [7, 11) is 1.57. The number of hydrogen-bond acceptors (Lipinski definition) is 3. The lowest BCUT2D eigenvalue weighted by atomic mass is 10.3. The fraction of sp³-hybridized carbons (Fsp3) is 0.133. The molecule has 4 nitrogen and oxygen atoms in total. The van der Waals surface area contributed by atoms with Gasteiger partial charge in [0.15, 0.2) is 6.61 Å². The number of anilines is 1. The highest BCUT2D eigenvalue weighted by Gasteiger charge is 2.04. The molecule has 0 fully saturated rings. The second-order valence-corrected chi connectivity index (χ2v) is 4.02. The van der Waals surface area contributed by atoms with Crippen molar-refractivity contribution in [2.24, 2.45) is 0 Å². The first-order valence-electron chi connectivity index (χ1n) is 5.99. The largest absolute Gasteiger partial charge is 0.497 e. The Bertz CT molecular complexity index is 567. The Labute approximate surface area is 116 Å². The molecule has 1 N–H and O–H groups in total. The van der Waals surface area contributed by atoms with Gasteiger partial charge < -0.3 is 14.8 Å². The van der Waals surface area contributed by atoms with Gasteiger partial charge in [-0.2, -0.15) is 0 Å². The van der Waals surface area contributed by atoms with E-state index in [0.717, 1.165) is 0 Å². The van der Waals surface area contributed by atoms with Gasteiger partial charge in [0.1, 0.15) is 17.3 Å². The summed E-state index contributed by atoms with van der Waals surface area (Å²) < 4.78 is 22.9. The highest BCUT2D eigenvalue weighted by molar-refractivity contribution is 5.91. The van der Waals surface area contributed by atoms with Gasteiger partial charge in [0.2, 0.25) is 0 Å². The Morgan fingerprint density at radius 3 is 2.25 bits per heavy atom. The molecule has 20 heavy (non-hydrogen) atoms. The molecule has 0 aromatic heterocycles. The Morgan fingerprint density at radius 2 is 1.65 bits per heavy atom. The van der Waals surface area contributed by atoms with Gasteiger partial charge in [0, 0.05) is 5.69 Å². The van der Waals surface area contributed by atoms with Crippen LogP contribution in [0.3, 0.4) is 0 Å². The van der Waals surface area contributed by atoms with E-state index in [1.165, 1.54) is 24.3 Å². The van der Waals surface area contributed by atoms with Crippen molar-refractivity contribution in [3.63, 3.8) is 0 Å². The van der Waals surface area contributed by atoms with Crippen LogP contribution in [-0.4, -0.2) is 19.6 Å². The Balaban J connectivity index is 1.84. The summed E-state index contributed by atoms with van der Waals surface area (Å²) in [4.78, 5) is 11.7. The third-order valence-corrected chi connectivity index (χ3v) is 2.56. The zero-order valence-electron chi connectivity index (χ0n) is 10.9. The molecule has 0 aliphatic rings. The average molecular weight is 275 g/mol. The molecule has 0 heterocycles. The van der Waals surface area contributed by atoms with Crippen LogP contribution in [0.15, 0.2) is 48.5 Å². The van der Waals surface area contributed by atoms with Crippen molar-refractivity contribution in [3.05, 3.63) is 54.3 Å². The lowest BCUT2D eigenvalue weighted by Gasteiger charge is -2.08. The predicted molar refractivity (Wildman–Crippen MR) is 73.5 cm³/mol. The van der Waals surface area contributed by atoms with Gasteiger partial charge in [-0.1, -0.05) is 0 Å². The second kappa shape index (κ2) is 6.56. The Kier molecular flexibility index (Phi) is 4.55. The van der Waals surface area contributed by atoms with Crippen LogP contribution in [0.1, 0.15) is 0 Å². The number of ether oxygens (including phenoxy) is 2. The molecule has 0 bridgehead atoms. The molecule has 104 valence electrons. The number of hydrogen-bond donors (Lipinski definition) is 1. The maximum Gasteiger partial charge on any atom is 0.262 e. The zero-order chi connectivity index (χ0) is 14.4. The molecular formula is C15H14FNO3. The minimum absolute atomic E-state index is 0.141. The van der Waals surface area contributed by atoms with Crippen LogP contribution in [0.4, 0.5) is 10.1 Å². The lowest BCUT2D eigenvalue weighted by Crippen LogP contribution is -2.20. The van der Waals surface area contributed by atoms with Crippen LogP contribution >= 0.6 is 0 Å². The number of amides is 1. The quantitative estimate of drug-likeness (QED) is 0.912. The number of halogens is 1. The molecule has 0 spiro atoms. The van der Waals surface area contributed by atoms with Gasteiger partial charge in [0.25, 0.3) is 5.91 Å². The maximum absolute atomic E-state index is 12.7. The number of carbonyl (C=O) groups excluding carboxylic acids is 1.